The normalized spacial score (nSPS) is 18.4. The van der Waals surface area contributed by atoms with Gasteiger partial charge in [0.1, 0.15) is 0 Å². The van der Waals surface area contributed by atoms with Gasteiger partial charge < -0.3 is 15.7 Å². The van der Waals surface area contributed by atoms with Gasteiger partial charge in [0.15, 0.2) is 0 Å². The molecule has 1 aliphatic rings. The Morgan fingerprint density at radius 2 is 1.85 bits per heavy atom. The summed E-state index contributed by atoms with van der Waals surface area (Å²) in [5.41, 5.74) is -1.83. The van der Waals surface area contributed by atoms with Crippen molar-refractivity contribution in [2.24, 2.45) is 5.41 Å². The summed E-state index contributed by atoms with van der Waals surface area (Å²) in [6.07, 6.45) is 1.03. The highest BCUT2D eigenvalue weighted by Crippen LogP contribution is 2.30. The van der Waals surface area contributed by atoms with Crippen LogP contribution in [0.4, 0.5) is 0 Å². The number of rotatable bonds is 5. The third-order valence-electron chi connectivity index (χ3n) is 4.35. The maximum absolute atomic E-state index is 12.1. The lowest BCUT2D eigenvalue weighted by Gasteiger charge is -2.39. The van der Waals surface area contributed by atoms with Gasteiger partial charge in [0, 0.05) is 13.1 Å². The summed E-state index contributed by atoms with van der Waals surface area (Å²) in [6.45, 7) is 10.7. The molecule has 0 radical (unpaired) electrons. The van der Waals surface area contributed by atoms with Gasteiger partial charge in [-0.1, -0.05) is 0 Å². The number of nitrogens with one attached hydrogen (secondary N) is 2. The molecule has 1 rings (SSSR count). The Bertz CT molecular complexity index is 359. The number of nitrogens with zero attached hydrogens (tertiary/aromatic N) is 1. The number of hydrogen-bond acceptors (Lipinski definition) is 4. The van der Waals surface area contributed by atoms with Gasteiger partial charge in [0.05, 0.1) is 17.5 Å². The molecule has 1 saturated heterocycles. The first-order chi connectivity index (χ1) is 9.17. The number of carboxylic acid groups (broad SMARTS) is 1. The third-order valence-corrected chi connectivity index (χ3v) is 4.35. The molecular weight excluding hydrogens is 258 g/mol. The van der Waals surface area contributed by atoms with Crippen molar-refractivity contribution >= 4 is 11.9 Å². The van der Waals surface area contributed by atoms with Crippen molar-refractivity contribution < 1.29 is 14.7 Å². The van der Waals surface area contributed by atoms with Crippen LogP contribution in [0.5, 0.6) is 0 Å². The minimum absolute atomic E-state index is 0.119. The number of aliphatic carboxylic acids is 1. The highest BCUT2D eigenvalue weighted by molar-refractivity contribution is 5.81. The maximum Gasteiger partial charge on any atom is 0.311 e. The van der Waals surface area contributed by atoms with Gasteiger partial charge in [-0.2, -0.15) is 0 Å². The van der Waals surface area contributed by atoms with Crippen LogP contribution in [-0.2, 0) is 9.59 Å². The lowest BCUT2D eigenvalue weighted by molar-refractivity contribution is -0.151. The molecule has 1 heterocycles. The predicted octanol–water partition coefficient (Wildman–Crippen LogP) is 0.287. The SMILES string of the molecule is CC(C)(NC(=O)CN1CCCNCC1)C(C)(C)C(=O)O. The number of carboxylic acids is 1. The second kappa shape index (κ2) is 6.54. The fourth-order valence-corrected chi connectivity index (χ4v) is 2.07. The van der Waals surface area contributed by atoms with E-state index in [1.165, 1.54) is 0 Å². The smallest absolute Gasteiger partial charge is 0.311 e. The van der Waals surface area contributed by atoms with Crippen LogP contribution >= 0.6 is 0 Å². The monoisotopic (exact) mass is 285 g/mol. The van der Waals surface area contributed by atoms with Crippen LogP contribution in [0.3, 0.4) is 0 Å². The van der Waals surface area contributed by atoms with Gasteiger partial charge in [0.25, 0.3) is 0 Å². The molecule has 116 valence electrons. The van der Waals surface area contributed by atoms with E-state index in [1.54, 1.807) is 27.7 Å². The van der Waals surface area contributed by atoms with Crippen LogP contribution in [0.1, 0.15) is 34.1 Å². The Hall–Kier alpha value is -1.14. The van der Waals surface area contributed by atoms with E-state index >= 15 is 0 Å². The molecule has 1 aliphatic heterocycles. The molecule has 0 spiro atoms. The van der Waals surface area contributed by atoms with E-state index in [0.717, 1.165) is 32.6 Å². The van der Waals surface area contributed by atoms with Crippen molar-refractivity contribution in [1.82, 2.24) is 15.5 Å². The van der Waals surface area contributed by atoms with Gasteiger partial charge in [0.2, 0.25) is 5.91 Å². The molecule has 0 aromatic rings. The Kier molecular flexibility index (Phi) is 5.53. The minimum atomic E-state index is -1.02. The van der Waals surface area contributed by atoms with Crippen LogP contribution in [0.25, 0.3) is 0 Å². The Morgan fingerprint density at radius 3 is 2.45 bits per heavy atom. The summed E-state index contributed by atoms with van der Waals surface area (Å²) in [4.78, 5) is 25.6. The van der Waals surface area contributed by atoms with Gasteiger partial charge in [-0.05, 0) is 47.2 Å². The molecule has 0 aliphatic carbocycles. The highest BCUT2D eigenvalue weighted by Gasteiger charge is 2.44. The lowest BCUT2D eigenvalue weighted by atomic mass is 9.74. The average molecular weight is 285 g/mol. The van der Waals surface area contributed by atoms with E-state index in [-0.39, 0.29) is 5.91 Å². The van der Waals surface area contributed by atoms with Crippen LogP contribution < -0.4 is 10.6 Å². The van der Waals surface area contributed by atoms with Crippen LogP contribution in [0.15, 0.2) is 0 Å². The first-order valence-corrected chi connectivity index (χ1v) is 7.14. The lowest BCUT2D eigenvalue weighted by Crippen LogP contribution is -2.58. The van der Waals surface area contributed by atoms with E-state index in [2.05, 4.69) is 15.5 Å². The topological polar surface area (TPSA) is 81.7 Å². The molecule has 0 saturated carbocycles. The highest BCUT2D eigenvalue weighted by atomic mass is 16.4. The molecule has 1 amide bonds. The van der Waals surface area contributed by atoms with E-state index in [9.17, 15) is 14.7 Å². The van der Waals surface area contributed by atoms with E-state index in [4.69, 9.17) is 0 Å². The standard InChI is InChI=1S/C14H27N3O3/c1-13(2,12(19)20)14(3,4)16-11(18)10-17-8-5-6-15-7-9-17/h15H,5-10H2,1-4H3,(H,16,18)(H,19,20). The fraction of sp³-hybridized carbons (Fsp3) is 0.857. The van der Waals surface area contributed by atoms with Crippen molar-refractivity contribution in [3.8, 4) is 0 Å². The quantitative estimate of drug-likeness (QED) is 0.676. The predicted molar refractivity (Wildman–Crippen MR) is 77.6 cm³/mol. The summed E-state index contributed by atoms with van der Waals surface area (Å²) in [6, 6.07) is 0. The van der Waals surface area contributed by atoms with Gasteiger partial charge in [-0.25, -0.2) is 0 Å². The maximum atomic E-state index is 12.1. The van der Waals surface area contributed by atoms with Crippen molar-refractivity contribution in [2.75, 3.05) is 32.7 Å². The van der Waals surface area contributed by atoms with Crippen LogP contribution in [0.2, 0.25) is 0 Å². The second-order valence-electron chi connectivity index (χ2n) is 6.48. The Labute approximate surface area is 120 Å². The largest absolute Gasteiger partial charge is 0.481 e. The fourth-order valence-electron chi connectivity index (χ4n) is 2.07. The van der Waals surface area contributed by atoms with E-state index in [1.807, 2.05) is 0 Å². The molecule has 20 heavy (non-hydrogen) atoms. The number of amides is 1. The Morgan fingerprint density at radius 1 is 1.20 bits per heavy atom. The number of carbonyl (C=O) groups is 2. The van der Waals surface area contributed by atoms with Crippen molar-refractivity contribution in [2.45, 2.75) is 39.7 Å². The summed E-state index contributed by atoms with van der Waals surface area (Å²) < 4.78 is 0. The van der Waals surface area contributed by atoms with Crippen molar-refractivity contribution in [3.05, 3.63) is 0 Å². The number of carbonyl (C=O) groups excluding carboxylic acids is 1. The van der Waals surface area contributed by atoms with Crippen LogP contribution in [-0.4, -0.2) is 60.1 Å². The van der Waals surface area contributed by atoms with E-state index < -0.39 is 16.9 Å². The molecule has 0 aromatic carbocycles. The second-order valence-corrected chi connectivity index (χ2v) is 6.48. The zero-order valence-corrected chi connectivity index (χ0v) is 13.0. The van der Waals surface area contributed by atoms with Crippen LogP contribution in [0, 0.1) is 5.41 Å². The van der Waals surface area contributed by atoms with E-state index in [0.29, 0.717) is 6.54 Å². The molecular formula is C14H27N3O3. The summed E-state index contributed by atoms with van der Waals surface area (Å²) in [5, 5.41) is 15.4. The first kappa shape index (κ1) is 16.9. The zero-order valence-electron chi connectivity index (χ0n) is 13.0. The molecule has 6 nitrogen and oxygen atoms in total. The molecule has 1 fully saturated rings. The Balaban J connectivity index is 2.58. The van der Waals surface area contributed by atoms with Gasteiger partial charge in [-0.3, -0.25) is 14.5 Å². The molecule has 3 N–H and O–H groups in total. The molecule has 0 aromatic heterocycles. The van der Waals surface area contributed by atoms with Gasteiger partial charge in [-0.15, -0.1) is 0 Å². The van der Waals surface area contributed by atoms with Crippen molar-refractivity contribution in [1.29, 1.82) is 0 Å². The molecule has 0 unspecified atom stereocenters. The average Bonchev–Trinajstić information content (AvgIpc) is 2.56. The van der Waals surface area contributed by atoms with Crippen molar-refractivity contribution in [3.63, 3.8) is 0 Å². The zero-order chi connectivity index (χ0) is 15.4. The summed E-state index contributed by atoms with van der Waals surface area (Å²) >= 11 is 0. The molecule has 6 heteroatoms. The minimum Gasteiger partial charge on any atom is -0.481 e. The summed E-state index contributed by atoms with van der Waals surface area (Å²) in [5.74, 6) is -1.03. The first-order valence-electron chi connectivity index (χ1n) is 7.14. The third kappa shape index (κ3) is 4.18. The molecule has 0 bridgehead atoms. The summed E-state index contributed by atoms with van der Waals surface area (Å²) in [7, 11) is 0. The molecule has 0 atom stereocenters. The number of hydrogen-bond donors (Lipinski definition) is 3. The van der Waals surface area contributed by atoms with Gasteiger partial charge >= 0.3 is 5.97 Å².